The van der Waals surface area contributed by atoms with Crippen molar-refractivity contribution in [3.63, 3.8) is 0 Å². The van der Waals surface area contributed by atoms with Crippen LogP contribution in [0.3, 0.4) is 0 Å². The van der Waals surface area contributed by atoms with Gasteiger partial charge in [-0.2, -0.15) is 0 Å². The molecule has 114 valence electrons. The van der Waals surface area contributed by atoms with Gasteiger partial charge in [0.1, 0.15) is 0 Å². The lowest BCUT2D eigenvalue weighted by Crippen LogP contribution is -2.33. The third kappa shape index (κ3) is 4.78. The summed E-state index contributed by atoms with van der Waals surface area (Å²) in [5, 5.41) is 4.03. The Bertz CT molecular complexity index is 510. The van der Waals surface area contributed by atoms with E-state index in [1.54, 1.807) is 6.92 Å². The van der Waals surface area contributed by atoms with E-state index in [0.717, 1.165) is 30.9 Å². The largest absolute Gasteiger partial charge is 0.378 e. The van der Waals surface area contributed by atoms with Crippen LogP contribution in [0.25, 0.3) is 0 Å². The second-order valence-electron chi connectivity index (χ2n) is 4.77. The van der Waals surface area contributed by atoms with Gasteiger partial charge in [-0.25, -0.2) is 18.1 Å². The van der Waals surface area contributed by atoms with E-state index in [0.29, 0.717) is 25.7 Å². The van der Waals surface area contributed by atoms with Crippen LogP contribution in [-0.2, 0) is 14.8 Å². The average molecular weight is 319 g/mol. The zero-order valence-corrected chi connectivity index (χ0v) is 13.2. The first kappa shape index (κ1) is 15.8. The molecule has 8 heteroatoms. The Hall–Kier alpha value is -0.540. The number of nitrogens with one attached hydrogen (secondary N) is 2. The summed E-state index contributed by atoms with van der Waals surface area (Å²) in [4.78, 5) is 3.96. The van der Waals surface area contributed by atoms with Crippen LogP contribution in [0, 0.1) is 6.92 Å². The lowest BCUT2D eigenvalue weighted by atomic mass is 10.1. The van der Waals surface area contributed by atoms with Crippen molar-refractivity contribution in [1.29, 1.82) is 0 Å². The van der Waals surface area contributed by atoms with Crippen molar-refractivity contribution in [2.45, 2.75) is 36.5 Å². The Morgan fingerprint density at radius 3 is 2.90 bits per heavy atom. The summed E-state index contributed by atoms with van der Waals surface area (Å²) in [6.45, 7) is 4.78. The Kier molecular flexibility index (Phi) is 5.91. The van der Waals surface area contributed by atoms with E-state index in [1.165, 1.54) is 17.5 Å². The summed E-state index contributed by atoms with van der Waals surface area (Å²) in [6.07, 6.45) is 4.46. The van der Waals surface area contributed by atoms with E-state index in [9.17, 15) is 8.42 Å². The van der Waals surface area contributed by atoms with Crippen molar-refractivity contribution < 1.29 is 13.2 Å². The van der Waals surface area contributed by atoms with Gasteiger partial charge in [0.25, 0.3) is 10.0 Å². The van der Waals surface area contributed by atoms with Gasteiger partial charge in [-0.05, 0) is 39.3 Å². The Labute approximate surface area is 124 Å². The predicted molar refractivity (Wildman–Crippen MR) is 78.5 cm³/mol. The van der Waals surface area contributed by atoms with Crippen LogP contribution >= 0.6 is 11.3 Å². The number of hydrogen-bond donors (Lipinski definition) is 2. The van der Waals surface area contributed by atoms with Crippen LogP contribution in [0.1, 0.15) is 24.3 Å². The molecule has 2 N–H and O–H groups in total. The molecular formula is C12H21N3O3S2. The maximum absolute atomic E-state index is 11.9. The summed E-state index contributed by atoms with van der Waals surface area (Å²) in [6, 6.07) is 0. The van der Waals surface area contributed by atoms with Crippen LogP contribution in [-0.4, -0.2) is 45.7 Å². The molecule has 6 nitrogen and oxygen atoms in total. The number of nitrogens with zero attached hydrogens (tertiary/aromatic N) is 1. The number of sulfonamides is 1. The molecule has 1 aromatic heterocycles. The van der Waals surface area contributed by atoms with Crippen molar-refractivity contribution in [2.75, 3.05) is 26.2 Å². The first-order valence-electron chi connectivity index (χ1n) is 6.82. The highest BCUT2D eigenvalue weighted by Crippen LogP contribution is 2.17. The monoisotopic (exact) mass is 319 g/mol. The molecule has 0 atom stereocenters. The molecule has 1 aromatic rings. The maximum Gasteiger partial charge on any atom is 0.251 e. The normalized spacial score (nSPS) is 17.4. The lowest BCUT2D eigenvalue weighted by Gasteiger charge is -2.22. The number of hydrogen-bond acceptors (Lipinski definition) is 6. The van der Waals surface area contributed by atoms with E-state index in [2.05, 4.69) is 15.0 Å². The van der Waals surface area contributed by atoms with E-state index in [4.69, 9.17) is 4.74 Å². The minimum absolute atomic E-state index is 0.272. The third-order valence-electron chi connectivity index (χ3n) is 3.12. The summed E-state index contributed by atoms with van der Waals surface area (Å²) < 4.78 is 32.4. The summed E-state index contributed by atoms with van der Waals surface area (Å²) >= 11 is 1.18. The molecule has 1 aliphatic rings. The molecule has 2 heterocycles. The van der Waals surface area contributed by atoms with E-state index in [-0.39, 0.29) is 4.21 Å². The van der Waals surface area contributed by atoms with Crippen LogP contribution in [0.15, 0.2) is 10.4 Å². The highest BCUT2D eigenvalue weighted by atomic mass is 32.2. The van der Waals surface area contributed by atoms with Crippen molar-refractivity contribution in [3.05, 3.63) is 11.2 Å². The number of rotatable bonds is 7. The predicted octanol–water partition coefficient (Wildman–Crippen LogP) is 0.889. The molecule has 2 rings (SSSR count). The Morgan fingerprint density at radius 1 is 1.50 bits per heavy atom. The minimum Gasteiger partial charge on any atom is -0.378 e. The highest BCUT2D eigenvalue weighted by Gasteiger charge is 2.16. The topological polar surface area (TPSA) is 80.3 Å². The summed E-state index contributed by atoms with van der Waals surface area (Å²) in [7, 11) is -3.40. The molecule has 0 bridgehead atoms. The van der Waals surface area contributed by atoms with Gasteiger partial charge in [0.2, 0.25) is 0 Å². The van der Waals surface area contributed by atoms with Gasteiger partial charge in [-0.15, -0.1) is 11.3 Å². The number of piperidine rings is 1. The van der Waals surface area contributed by atoms with Crippen LogP contribution < -0.4 is 10.0 Å². The fourth-order valence-electron chi connectivity index (χ4n) is 2.03. The Morgan fingerprint density at radius 2 is 2.25 bits per heavy atom. The van der Waals surface area contributed by atoms with E-state index < -0.39 is 10.0 Å². The molecule has 1 saturated heterocycles. The fourth-order valence-corrected chi connectivity index (χ4v) is 4.25. The van der Waals surface area contributed by atoms with Gasteiger partial charge in [0.05, 0.1) is 17.3 Å². The molecule has 0 saturated carbocycles. The van der Waals surface area contributed by atoms with Gasteiger partial charge in [0, 0.05) is 13.2 Å². The van der Waals surface area contributed by atoms with Crippen molar-refractivity contribution in [1.82, 2.24) is 15.0 Å². The fraction of sp³-hybridized carbons (Fsp3) is 0.750. The van der Waals surface area contributed by atoms with Crippen LogP contribution in [0.2, 0.25) is 0 Å². The first-order valence-corrected chi connectivity index (χ1v) is 9.12. The molecule has 0 spiro atoms. The van der Waals surface area contributed by atoms with Gasteiger partial charge in [0.15, 0.2) is 4.21 Å². The van der Waals surface area contributed by atoms with Crippen molar-refractivity contribution in [2.24, 2.45) is 0 Å². The highest BCUT2D eigenvalue weighted by molar-refractivity contribution is 7.91. The molecule has 0 aliphatic carbocycles. The molecule has 0 aromatic carbocycles. The quantitative estimate of drug-likeness (QED) is 0.730. The molecule has 20 heavy (non-hydrogen) atoms. The van der Waals surface area contributed by atoms with Gasteiger partial charge in [-0.1, -0.05) is 0 Å². The zero-order chi connectivity index (χ0) is 14.4. The first-order chi connectivity index (χ1) is 9.58. The smallest absolute Gasteiger partial charge is 0.251 e. The average Bonchev–Trinajstić information content (AvgIpc) is 2.87. The summed E-state index contributed by atoms with van der Waals surface area (Å²) in [5.41, 5.74) is 0. The Balaban J connectivity index is 1.65. The molecule has 0 unspecified atom stereocenters. The summed E-state index contributed by atoms with van der Waals surface area (Å²) in [5.74, 6) is 0. The van der Waals surface area contributed by atoms with Gasteiger partial charge >= 0.3 is 0 Å². The van der Waals surface area contributed by atoms with Crippen LogP contribution in [0.4, 0.5) is 0 Å². The molecular weight excluding hydrogens is 298 g/mol. The van der Waals surface area contributed by atoms with E-state index >= 15 is 0 Å². The van der Waals surface area contributed by atoms with Gasteiger partial charge < -0.3 is 10.1 Å². The van der Waals surface area contributed by atoms with Crippen molar-refractivity contribution >= 4 is 21.4 Å². The third-order valence-corrected chi connectivity index (χ3v) is 5.95. The lowest BCUT2D eigenvalue weighted by molar-refractivity contribution is 0.0322. The number of ether oxygens (including phenoxy) is 1. The number of aromatic nitrogens is 1. The molecule has 1 fully saturated rings. The number of aryl methyl sites for hydroxylation is 1. The maximum atomic E-state index is 11.9. The van der Waals surface area contributed by atoms with Crippen LogP contribution in [0.5, 0.6) is 0 Å². The number of thiazole rings is 1. The molecule has 1 aliphatic heterocycles. The zero-order valence-electron chi connectivity index (χ0n) is 11.6. The van der Waals surface area contributed by atoms with E-state index in [1.807, 2.05) is 0 Å². The minimum atomic E-state index is -3.40. The second-order valence-corrected chi connectivity index (χ2v) is 8.00. The second kappa shape index (κ2) is 7.46. The van der Waals surface area contributed by atoms with Crippen molar-refractivity contribution in [3.8, 4) is 0 Å². The molecule has 0 amide bonds. The SMILES string of the molecule is Cc1ncc(S(=O)(=O)NCCCOC2CCNCC2)s1. The molecule has 0 radical (unpaired) electrons. The standard InChI is InChI=1S/C12H21N3O3S2/c1-10-14-9-12(19-10)20(16,17)15-5-2-8-18-11-3-6-13-7-4-11/h9,11,13,15H,2-8H2,1H3. The van der Waals surface area contributed by atoms with Gasteiger partial charge in [-0.3, -0.25) is 0 Å².